The average molecular weight is 480 g/mol. The molecule has 0 saturated carbocycles. The molecule has 0 atom stereocenters. The maximum absolute atomic E-state index is 9.71. The van der Waals surface area contributed by atoms with Gasteiger partial charge in [-0.1, -0.05) is 23.7 Å². The van der Waals surface area contributed by atoms with Crippen LogP contribution in [0.3, 0.4) is 0 Å². The molecule has 34 heavy (non-hydrogen) atoms. The summed E-state index contributed by atoms with van der Waals surface area (Å²) in [5, 5.41) is 13.8. The number of imidazole rings is 1. The van der Waals surface area contributed by atoms with E-state index < -0.39 is 0 Å². The van der Waals surface area contributed by atoms with Gasteiger partial charge in [0.25, 0.3) is 0 Å². The molecule has 4 aromatic rings. The number of ether oxygens (including phenoxy) is 2. The summed E-state index contributed by atoms with van der Waals surface area (Å²) in [4.78, 5) is 11.1. The van der Waals surface area contributed by atoms with Crippen molar-refractivity contribution in [3.63, 3.8) is 0 Å². The third kappa shape index (κ3) is 4.94. The lowest BCUT2D eigenvalue weighted by molar-refractivity contribution is 0.0211. The molecule has 0 radical (unpaired) electrons. The summed E-state index contributed by atoms with van der Waals surface area (Å²) < 4.78 is 13.1. The molecule has 5 rings (SSSR count). The summed E-state index contributed by atoms with van der Waals surface area (Å²) in [6.07, 6.45) is 1.55. The Hall–Kier alpha value is -3.33. The van der Waals surface area contributed by atoms with Crippen molar-refractivity contribution in [3.8, 4) is 11.6 Å². The van der Waals surface area contributed by atoms with Gasteiger partial charge in [0.05, 0.1) is 41.9 Å². The lowest BCUT2D eigenvalue weighted by atomic mass is 10.2. The van der Waals surface area contributed by atoms with E-state index in [9.17, 15) is 5.11 Å². The zero-order valence-electron chi connectivity index (χ0n) is 18.8. The Balaban J connectivity index is 1.32. The van der Waals surface area contributed by atoms with Crippen molar-refractivity contribution < 1.29 is 14.6 Å². The van der Waals surface area contributed by atoms with Crippen molar-refractivity contribution in [3.05, 3.63) is 71.4 Å². The van der Waals surface area contributed by atoms with Gasteiger partial charge in [-0.3, -0.25) is 0 Å². The molecule has 2 aromatic carbocycles. The number of aliphatic hydroxyl groups is 1. The Bertz CT molecular complexity index is 1260. The average Bonchev–Trinajstić information content (AvgIpc) is 3.14. The molecule has 1 saturated heterocycles. The van der Waals surface area contributed by atoms with Gasteiger partial charge in [-0.2, -0.15) is 0 Å². The van der Waals surface area contributed by atoms with Crippen LogP contribution in [-0.2, 0) is 18.3 Å². The number of aliphatic hydroxyl groups excluding tert-OH is 1. The first kappa shape index (κ1) is 22.5. The predicted octanol–water partition coefficient (Wildman–Crippen LogP) is 4.22. The number of rotatable bonds is 9. The van der Waals surface area contributed by atoms with Gasteiger partial charge in [0, 0.05) is 38.1 Å². The maximum Gasteiger partial charge on any atom is 0.219 e. The fourth-order valence-electron chi connectivity index (χ4n) is 3.90. The minimum atomic E-state index is 0.0289. The van der Waals surface area contributed by atoms with Crippen LogP contribution in [0.5, 0.6) is 11.6 Å². The number of anilines is 2. The van der Waals surface area contributed by atoms with Crippen LogP contribution in [0.2, 0.25) is 5.02 Å². The molecule has 2 aromatic heterocycles. The Kier molecular flexibility index (Phi) is 6.53. The smallest absolute Gasteiger partial charge is 0.219 e. The first-order valence-electron chi connectivity index (χ1n) is 11.1. The predicted molar refractivity (Wildman–Crippen MR) is 133 cm³/mol. The number of fused-ring (bicyclic) bond motifs is 1. The monoisotopic (exact) mass is 479 g/mol. The standard InChI is InChI=1S/C25H26ClN5O3/c1-30-23-12-19(28-20-15-33-16-20)5-8-22(23)29-25(30)31(10-11-32)14-17-2-6-21(7-3-17)34-24-9-4-18(26)13-27-24/h2-9,12-13,20,28,32H,10-11,14-16H2,1H3. The van der Waals surface area contributed by atoms with Crippen LogP contribution in [0, 0.1) is 0 Å². The third-order valence-corrected chi connectivity index (χ3v) is 5.96. The van der Waals surface area contributed by atoms with Gasteiger partial charge in [-0.05, 0) is 42.0 Å². The quantitative estimate of drug-likeness (QED) is 0.371. The van der Waals surface area contributed by atoms with E-state index in [2.05, 4.69) is 25.8 Å². The lowest BCUT2D eigenvalue weighted by Gasteiger charge is -2.27. The fourth-order valence-corrected chi connectivity index (χ4v) is 4.01. The van der Waals surface area contributed by atoms with E-state index in [4.69, 9.17) is 26.1 Å². The van der Waals surface area contributed by atoms with E-state index in [1.54, 1.807) is 18.3 Å². The molecule has 8 nitrogen and oxygen atoms in total. The molecule has 0 unspecified atom stereocenters. The van der Waals surface area contributed by atoms with Crippen LogP contribution in [-0.4, -0.2) is 52.0 Å². The van der Waals surface area contributed by atoms with Crippen molar-refractivity contribution in [2.75, 3.05) is 36.6 Å². The van der Waals surface area contributed by atoms with E-state index in [-0.39, 0.29) is 6.61 Å². The minimum Gasteiger partial charge on any atom is -0.439 e. The second kappa shape index (κ2) is 9.89. The van der Waals surface area contributed by atoms with Gasteiger partial charge in [-0.25, -0.2) is 9.97 Å². The number of nitrogens with one attached hydrogen (secondary N) is 1. The number of hydrogen-bond donors (Lipinski definition) is 2. The molecule has 3 heterocycles. The number of aryl methyl sites for hydroxylation is 1. The summed E-state index contributed by atoms with van der Waals surface area (Å²) in [6, 6.07) is 17.8. The van der Waals surface area contributed by atoms with Gasteiger partial charge in [-0.15, -0.1) is 0 Å². The Morgan fingerprint density at radius 1 is 1.18 bits per heavy atom. The Morgan fingerprint density at radius 3 is 2.68 bits per heavy atom. The molecular formula is C25H26ClN5O3. The number of aromatic nitrogens is 3. The highest BCUT2D eigenvalue weighted by Crippen LogP contribution is 2.27. The van der Waals surface area contributed by atoms with Gasteiger partial charge in [0.1, 0.15) is 5.75 Å². The van der Waals surface area contributed by atoms with Gasteiger partial charge in [0.15, 0.2) is 0 Å². The second-order valence-corrected chi connectivity index (χ2v) is 8.70. The number of benzene rings is 2. The summed E-state index contributed by atoms with van der Waals surface area (Å²) in [5.41, 5.74) is 4.07. The Morgan fingerprint density at radius 2 is 2.00 bits per heavy atom. The van der Waals surface area contributed by atoms with Crippen LogP contribution in [0.25, 0.3) is 11.0 Å². The van der Waals surface area contributed by atoms with Crippen molar-refractivity contribution in [1.29, 1.82) is 0 Å². The summed E-state index contributed by atoms with van der Waals surface area (Å²) >= 11 is 5.88. The van der Waals surface area contributed by atoms with E-state index in [1.165, 1.54) is 0 Å². The normalized spacial score (nSPS) is 13.6. The Labute approximate surface area is 202 Å². The highest BCUT2D eigenvalue weighted by molar-refractivity contribution is 6.30. The van der Waals surface area contributed by atoms with Crippen LogP contribution < -0.4 is 15.0 Å². The molecule has 0 amide bonds. The molecule has 2 N–H and O–H groups in total. The van der Waals surface area contributed by atoms with E-state index in [1.807, 2.05) is 43.4 Å². The van der Waals surface area contributed by atoms with Crippen LogP contribution >= 0.6 is 11.6 Å². The molecule has 176 valence electrons. The summed E-state index contributed by atoms with van der Waals surface area (Å²) in [5.74, 6) is 1.98. The molecular weight excluding hydrogens is 454 g/mol. The summed E-state index contributed by atoms with van der Waals surface area (Å²) in [6.45, 7) is 2.56. The van der Waals surface area contributed by atoms with Crippen LogP contribution in [0.4, 0.5) is 11.6 Å². The number of pyridine rings is 1. The fraction of sp³-hybridized carbons (Fsp3) is 0.280. The minimum absolute atomic E-state index is 0.0289. The van der Waals surface area contributed by atoms with Gasteiger partial charge >= 0.3 is 0 Å². The van der Waals surface area contributed by atoms with E-state index in [0.717, 1.165) is 41.4 Å². The SMILES string of the molecule is Cn1c(N(CCO)Cc2ccc(Oc3ccc(Cl)cn3)cc2)nc2ccc(NC3COC3)cc21. The van der Waals surface area contributed by atoms with E-state index in [0.29, 0.717) is 35.8 Å². The molecule has 0 aliphatic carbocycles. The molecule has 0 spiro atoms. The number of hydrogen-bond acceptors (Lipinski definition) is 7. The largest absolute Gasteiger partial charge is 0.439 e. The summed E-state index contributed by atoms with van der Waals surface area (Å²) in [7, 11) is 2.00. The van der Waals surface area contributed by atoms with Crippen LogP contribution in [0.1, 0.15) is 5.56 Å². The topological polar surface area (TPSA) is 84.7 Å². The van der Waals surface area contributed by atoms with Crippen molar-refractivity contribution in [2.45, 2.75) is 12.6 Å². The number of halogens is 1. The third-order valence-electron chi connectivity index (χ3n) is 5.74. The van der Waals surface area contributed by atoms with Crippen LogP contribution in [0.15, 0.2) is 60.8 Å². The second-order valence-electron chi connectivity index (χ2n) is 8.26. The maximum atomic E-state index is 9.71. The highest BCUT2D eigenvalue weighted by Gasteiger charge is 2.19. The molecule has 0 bridgehead atoms. The van der Waals surface area contributed by atoms with Gasteiger partial charge in [0.2, 0.25) is 11.8 Å². The van der Waals surface area contributed by atoms with Crippen molar-refractivity contribution in [1.82, 2.24) is 14.5 Å². The zero-order valence-corrected chi connectivity index (χ0v) is 19.6. The molecule has 1 aliphatic rings. The van der Waals surface area contributed by atoms with Crippen molar-refractivity contribution in [2.24, 2.45) is 7.05 Å². The number of nitrogens with zero attached hydrogens (tertiary/aromatic N) is 4. The highest BCUT2D eigenvalue weighted by atomic mass is 35.5. The van der Waals surface area contributed by atoms with E-state index >= 15 is 0 Å². The van der Waals surface area contributed by atoms with Crippen molar-refractivity contribution >= 4 is 34.3 Å². The van der Waals surface area contributed by atoms with Gasteiger partial charge < -0.3 is 29.4 Å². The lowest BCUT2D eigenvalue weighted by Crippen LogP contribution is -2.40. The molecule has 1 aliphatic heterocycles. The molecule has 9 heteroatoms. The molecule has 1 fully saturated rings. The first-order valence-corrected chi connectivity index (χ1v) is 11.5. The first-order chi connectivity index (χ1) is 16.6. The zero-order chi connectivity index (χ0) is 23.5.